The quantitative estimate of drug-likeness (QED) is 0.804. The molecule has 0 radical (unpaired) electrons. The van der Waals surface area contributed by atoms with Crippen LogP contribution in [0, 0.1) is 5.92 Å². The largest absolute Gasteiger partial charge is 0.467 e. The van der Waals surface area contributed by atoms with E-state index in [2.05, 4.69) is 10.1 Å². The minimum atomic E-state index is -0.564. The summed E-state index contributed by atoms with van der Waals surface area (Å²) in [7, 11) is 1.33. The average molecular weight is 269 g/mol. The molecule has 0 saturated carbocycles. The summed E-state index contributed by atoms with van der Waals surface area (Å²) in [4.78, 5) is 24.4. The number of hydrogen-bond donors (Lipinski definition) is 1. The number of nitrogens with one attached hydrogen (secondary N) is 1. The lowest BCUT2D eigenvalue weighted by molar-refractivity contribution is -0.146. The van der Waals surface area contributed by atoms with Crippen molar-refractivity contribution in [3.63, 3.8) is 0 Å². The molecule has 4 nitrogen and oxygen atoms in total. The maximum absolute atomic E-state index is 11.8. The first kappa shape index (κ1) is 14.7. The highest BCUT2D eigenvalue weighted by molar-refractivity contribution is 7.09. The fourth-order valence-corrected chi connectivity index (χ4v) is 2.27. The summed E-state index contributed by atoms with van der Waals surface area (Å²) in [5.74, 6) is -0.495. The van der Waals surface area contributed by atoms with Gasteiger partial charge in [-0.1, -0.05) is 19.9 Å². The molecule has 1 aromatic heterocycles. The topological polar surface area (TPSA) is 55.4 Å². The molecule has 0 aliphatic rings. The molecule has 1 N–H and O–H groups in total. The molecule has 0 bridgehead atoms. The van der Waals surface area contributed by atoms with Gasteiger partial charge in [-0.15, -0.1) is 11.3 Å². The highest BCUT2D eigenvalue weighted by atomic mass is 32.1. The molecule has 0 spiro atoms. The van der Waals surface area contributed by atoms with E-state index in [4.69, 9.17) is 0 Å². The van der Waals surface area contributed by atoms with E-state index in [-0.39, 0.29) is 11.8 Å². The Balaban J connectivity index is 2.44. The number of esters is 1. The van der Waals surface area contributed by atoms with Crippen molar-refractivity contribution in [3.8, 4) is 0 Å². The molecule has 1 unspecified atom stereocenters. The molecule has 18 heavy (non-hydrogen) atoms. The van der Waals surface area contributed by atoms with Crippen molar-refractivity contribution in [2.45, 2.75) is 32.7 Å². The second-order valence-electron chi connectivity index (χ2n) is 4.39. The number of amides is 1. The van der Waals surface area contributed by atoms with Crippen LogP contribution in [-0.4, -0.2) is 25.0 Å². The molecule has 0 saturated heterocycles. The Bertz CT molecular complexity index is 387. The van der Waals surface area contributed by atoms with E-state index in [1.165, 1.54) is 12.0 Å². The third-order valence-electron chi connectivity index (χ3n) is 2.62. The fourth-order valence-electron chi connectivity index (χ4n) is 1.56. The van der Waals surface area contributed by atoms with Gasteiger partial charge in [-0.25, -0.2) is 4.79 Å². The Morgan fingerprint density at radius 1 is 1.44 bits per heavy atom. The number of aryl methyl sites for hydroxylation is 1. The highest BCUT2D eigenvalue weighted by Gasteiger charge is 2.24. The van der Waals surface area contributed by atoms with Crippen LogP contribution in [0.25, 0.3) is 0 Å². The molecule has 1 heterocycles. The first-order chi connectivity index (χ1) is 8.54. The van der Waals surface area contributed by atoms with Crippen LogP contribution in [-0.2, 0) is 20.7 Å². The van der Waals surface area contributed by atoms with Gasteiger partial charge in [0.25, 0.3) is 0 Å². The van der Waals surface area contributed by atoms with Crippen molar-refractivity contribution in [1.29, 1.82) is 0 Å². The van der Waals surface area contributed by atoms with Gasteiger partial charge in [0.1, 0.15) is 6.04 Å². The monoisotopic (exact) mass is 269 g/mol. The van der Waals surface area contributed by atoms with Gasteiger partial charge in [0, 0.05) is 11.3 Å². The van der Waals surface area contributed by atoms with E-state index in [9.17, 15) is 9.59 Å². The van der Waals surface area contributed by atoms with Crippen molar-refractivity contribution >= 4 is 23.2 Å². The number of thiophene rings is 1. The van der Waals surface area contributed by atoms with E-state index >= 15 is 0 Å². The van der Waals surface area contributed by atoms with E-state index in [0.717, 1.165) is 0 Å². The van der Waals surface area contributed by atoms with Gasteiger partial charge in [0.05, 0.1) is 7.11 Å². The molecule has 0 aromatic carbocycles. The Labute approximate surface area is 111 Å². The molecule has 0 fully saturated rings. The second kappa shape index (κ2) is 7.16. The smallest absolute Gasteiger partial charge is 0.328 e. The number of rotatable bonds is 6. The lowest BCUT2D eigenvalue weighted by Gasteiger charge is -2.19. The molecular formula is C13H19NO3S. The number of ether oxygens (including phenoxy) is 1. The zero-order valence-electron chi connectivity index (χ0n) is 10.9. The van der Waals surface area contributed by atoms with Crippen molar-refractivity contribution in [2.24, 2.45) is 5.92 Å². The zero-order valence-corrected chi connectivity index (χ0v) is 11.8. The third kappa shape index (κ3) is 4.49. The number of carbonyl (C=O) groups excluding carboxylic acids is 2. The highest BCUT2D eigenvalue weighted by Crippen LogP contribution is 2.11. The Morgan fingerprint density at radius 2 is 2.17 bits per heavy atom. The molecule has 1 amide bonds. The number of hydrogen-bond acceptors (Lipinski definition) is 4. The van der Waals surface area contributed by atoms with Crippen LogP contribution in [0.15, 0.2) is 17.5 Å². The average Bonchev–Trinajstić information content (AvgIpc) is 2.85. The van der Waals surface area contributed by atoms with Crippen LogP contribution in [0.3, 0.4) is 0 Å². The fraction of sp³-hybridized carbons (Fsp3) is 0.538. The van der Waals surface area contributed by atoms with Crippen LogP contribution in [0.5, 0.6) is 0 Å². The number of methoxy groups -OCH3 is 1. The molecule has 1 atom stereocenters. The van der Waals surface area contributed by atoms with E-state index in [1.807, 2.05) is 31.4 Å². The van der Waals surface area contributed by atoms with E-state index < -0.39 is 12.0 Å². The van der Waals surface area contributed by atoms with Gasteiger partial charge in [0.15, 0.2) is 0 Å². The van der Waals surface area contributed by atoms with Gasteiger partial charge in [-0.3, -0.25) is 4.79 Å². The molecular weight excluding hydrogens is 250 g/mol. The predicted octanol–water partition coefficient (Wildman–Crippen LogP) is 1.99. The summed E-state index contributed by atoms with van der Waals surface area (Å²) in [5.41, 5.74) is 0. The normalized spacial score (nSPS) is 12.2. The molecule has 0 aliphatic carbocycles. The maximum atomic E-state index is 11.8. The number of carbonyl (C=O) groups is 2. The van der Waals surface area contributed by atoms with E-state index in [1.54, 1.807) is 11.3 Å². The van der Waals surface area contributed by atoms with Crippen LogP contribution < -0.4 is 5.32 Å². The van der Waals surface area contributed by atoms with Crippen LogP contribution in [0.4, 0.5) is 0 Å². The van der Waals surface area contributed by atoms with Gasteiger partial charge < -0.3 is 10.1 Å². The first-order valence-corrected chi connectivity index (χ1v) is 6.82. The summed E-state index contributed by atoms with van der Waals surface area (Å²) in [6, 6.07) is 3.40. The summed E-state index contributed by atoms with van der Waals surface area (Å²) >= 11 is 1.63. The van der Waals surface area contributed by atoms with Gasteiger partial charge in [-0.05, 0) is 23.8 Å². The lowest BCUT2D eigenvalue weighted by Crippen LogP contribution is -2.45. The summed E-state index contributed by atoms with van der Waals surface area (Å²) in [6.45, 7) is 3.75. The van der Waals surface area contributed by atoms with Crippen LogP contribution in [0.2, 0.25) is 0 Å². The van der Waals surface area contributed by atoms with Gasteiger partial charge in [0.2, 0.25) is 5.91 Å². The summed E-state index contributed by atoms with van der Waals surface area (Å²) in [5, 5.41) is 4.71. The Kier molecular flexibility index (Phi) is 5.85. The summed E-state index contributed by atoms with van der Waals surface area (Å²) in [6.07, 6.45) is 1.09. The molecule has 0 aliphatic heterocycles. The van der Waals surface area contributed by atoms with Crippen molar-refractivity contribution < 1.29 is 14.3 Å². The van der Waals surface area contributed by atoms with Gasteiger partial charge >= 0.3 is 5.97 Å². The lowest BCUT2D eigenvalue weighted by atomic mass is 10.0. The standard InChI is InChI=1S/C13H19NO3S/c1-9(2)12(13(16)17-3)14-11(15)7-6-10-5-4-8-18-10/h4-5,8-9,12H,6-7H2,1-3H3,(H,14,15). The van der Waals surface area contributed by atoms with E-state index in [0.29, 0.717) is 12.8 Å². The minimum absolute atomic E-state index is 0.0168. The SMILES string of the molecule is COC(=O)C(NC(=O)CCc1cccs1)C(C)C. The minimum Gasteiger partial charge on any atom is -0.467 e. The second-order valence-corrected chi connectivity index (χ2v) is 5.42. The molecule has 5 heteroatoms. The zero-order chi connectivity index (χ0) is 13.5. The van der Waals surface area contributed by atoms with Crippen LogP contribution >= 0.6 is 11.3 Å². The maximum Gasteiger partial charge on any atom is 0.328 e. The Morgan fingerprint density at radius 3 is 2.67 bits per heavy atom. The Hall–Kier alpha value is -1.36. The van der Waals surface area contributed by atoms with Crippen molar-refractivity contribution in [3.05, 3.63) is 22.4 Å². The first-order valence-electron chi connectivity index (χ1n) is 5.94. The van der Waals surface area contributed by atoms with Crippen LogP contribution in [0.1, 0.15) is 25.1 Å². The van der Waals surface area contributed by atoms with Crippen molar-refractivity contribution in [1.82, 2.24) is 5.32 Å². The molecule has 1 rings (SSSR count). The molecule has 100 valence electrons. The summed E-state index contributed by atoms with van der Waals surface area (Å²) < 4.78 is 4.67. The van der Waals surface area contributed by atoms with Gasteiger partial charge in [-0.2, -0.15) is 0 Å². The third-order valence-corrected chi connectivity index (χ3v) is 3.55. The predicted molar refractivity (Wildman–Crippen MR) is 71.4 cm³/mol. The van der Waals surface area contributed by atoms with Crippen molar-refractivity contribution in [2.75, 3.05) is 7.11 Å². The molecule has 1 aromatic rings.